The summed E-state index contributed by atoms with van der Waals surface area (Å²) >= 11 is 1.10. The molecule has 0 radical (unpaired) electrons. The average Bonchev–Trinajstić information content (AvgIpc) is 3.52. The number of aromatic nitrogens is 1. The minimum absolute atomic E-state index is 0.0811. The van der Waals surface area contributed by atoms with Gasteiger partial charge < -0.3 is 0 Å². The number of halogens is 2. The first-order chi connectivity index (χ1) is 14.7. The zero-order valence-electron chi connectivity index (χ0n) is 16.8. The third-order valence-electron chi connectivity index (χ3n) is 4.95. The number of carbonyl (C=O) groups excluding carboxylic acids is 1. The number of benzene rings is 2. The fourth-order valence-corrected chi connectivity index (χ4v) is 6.14. The second kappa shape index (κ2) is 7.97. The number of carbonyl (C=O) groups is 1. The molecule has 4 rings (SSSR count). The van der Waals surface area contributed by atoms with E-state index in [1.807, 2.05) is 0 Å². The molecule has 0 fully saturated rings. The first kappa shape index (κ1) is 21.3. The lowest BCUT2D eigenvalue weighted by Crippen LogP contribution is -2.27. The van der Waals surface area contributed by atoms with Crippen molar-refractivity contribution in [1.29, 1.82) is 4.78 Å². The number of nitrogens with one attached hydrogen (secondary N) is 1. The smallest absolute Gasteiger partial charge is 0.232 e. The maximum absolute atomic E-state index is 14.0. The number of likely N-dealkylation sites (N-methyl/N-ethyl adjacent to an activating group) is 1. The van der Waals surface area contributed by atoms with Crippen LogP contribution in [0.15, 0.2) is 57.7 Å². The predicted molar refractivity (Wildman–Crippen MR) is 118 cm³/mol. The molecule has 0 aliphatic heterocycles. The lowest BCUT2D eigenvalue weighted by Gasteiger charge is -2.14. The van der Waals surface area contributed by atoms with Crippen molar-refractivity contribution in [1.82, 2.24) is 4.98 Å². The van der Waals surface area contributed by atoms with Gasteiger partial charge in [-0.25, -0.2) is 22.8 Å². The van der Waals surface area contributed by atoms with Crippen LogP contribution in [0.1, 0.15) is 17.7 Å². The Morgan fingerprint density at radius 3 is 2.55 bits per heavy atom. The molecule has 0 saturated carbocycles. The van der Waals surface area contributed by atoms with Crippen LogP contribution in [0.2, 0.25) is 0 Å². The zero-order valence-corrected chi connectivity index (χ0v) is 18.4. The molecular formula is C22H19F2N3O2S2. The number of thiazole rings is 1. The van der Waals surface area contributed by atoms with Crippen LogP contribution < -0.4 is 4.90 Å². The van der Waals surface area contributed by atoms with Crippen molar-refractivity contribution in [2.75, 3.05) is 11.9 Å². The van der Waals surface area contributed by atoms with Crippen molar-refractivity contribution in [3.63, 3.8) is 0 Å². The van der Waals surface area contributed by atoms with Gasteiger partial charge in [-0.15, -0.1) is 0 Å². The van der Waals surface area contributed by atoms with Crippen molar-refractivity contribution in [2.45, 2.75) is 24.0 Å². The van der Waals surface area contributed by atoms with Gasteiger partial charge in [-0.2, -0.15) is 0 Å². The summed E-state index contributed by atoms with van der Waals surface area (Å²) in [6.07, 6.45) is 2.43. The van der Waals surface area contributed by atoms with Gasteiger partial charge in [0, 0.05) is 23.9 Å². The number of hydrogen-bond donors (Lipinski definition) is 1. The second-order valence-corrected chi connectivity index (χ2v) is 10.5. The molecular weight excluding hydrogens is 440 g/mol. The number of allylic oxidation sites excluding steroid dienone is 2. The molecule has 0 bridgehead atoms. The topological polar surface area (TPSA) is 74.1 Å². The number of aryl methyl sites for hydroxylation is 1. The van der Waals surface area contributed by atoms with Crippen LogP contribution >= 0.6 is 11.3 Å². The van der Waals surface area contributed by atoms with E-state index in [0.717, 1.165) is 29.5 Å². The normalized spacial score (nSPS) is 14.6. The van der Waals surface area contributed by atoms with E-state index < -0.39 is 21.4 Å². The minimum atomic E-state index is -3.01. The van der Waals surface area contributed by atoms with Crippen LogP contribution in [-0.2, 0) is 20.9 Å². The Bertz CT molecular complexity index is 1310. The third kappa shape index (κ3) is 4.28. The quantitative estimate of drug-likeness (QED) is 0.544. The van der Waals surface area contributed by atoms with Gasteiger partial charge in [0.25, 0.3) is 0 Å². The Labute approximate surface area is 183 Å². The summed E-state index contributed by atoms with van der Waals surface area (Å²) in [5, 5.41) is 0.386. The highest BCUT2D eigenvalue weighted by Crippen LogP contribution is 2.38. The predicted octanol–water partition coefficient (Wildman–Crippen LogP) is 5.30. The molecule has 1 atom stereocenters. The van der Waals surface area contributed by atoms with Gasteiger partial charge in [0.05, 0.1) is 12.1 Å². The highest BCUT2D eigenvalue weighted by atomic mass is 32.2. The van der Waals surface area contributed by atoms with E-state index in [1.54, 1.807) is 44.3 Å². The molecule has 1 aliphatic carbocycles. The first-order valence-electron chi connectivity index (χ1n) is 9.43. The lowest BCUT2D eigenvalue weighted by molar-refractivity contribution is -0.117. The van der Waals surface area contributed by atoms with Gasteiger partial charge in [0.15, 0.2) is 5.13 Å². The molecule has 1 heterocycles. The van der Waals surface area contributed by atoms with E-state index in [2.05, 4.69) is 4.98 Å². The van der Waals surface area contributed by atoms with Crippen LogP contribution in [0.5, 0.6) is 0 Å². The maximum atomic E-state index is 14.0. The van der Waals surface area contributed by atoms with Crippen LogP contribution in [0.25, 0.3) is 11.1 Å². The Balaban J connectivity index is 1.50. The van der Waals surface area contributed by atoms with Crippen molar-refractivity contribution < 1.29 is 17.8 Å². The Morgan fingerprint density at radius 1 is 1.23 bits per heavy atom. The highest BCUT2D eigenvalue weighted by molar-refractivity contribution is 7.98. The van der Waals surface area contributed by atoms with Crippen molar-refractivity contribution in [3.8, 4) is 11.1 Å². The van der Waals surface area contributed by atoms with Gasteiger partial charge in [-0.05, 0) is 36.2 Å². The van der Waals surface area contributed by atoms with Crippen molar-refractivity contribution in [3.05, 3.63) is 76.3 Å². The number of nitrogens with zero attached hydrogens (tertiary/aromatic N) is 2. The van der Waals surface area contributed by atoms with E-state index in [4.69, 9.17) is 4.78 Å². The number of amides is 1. The van der Waals surface area contributed by atoms with Crippen LogP contribution in [0, 0.1) is 23.3 Å². The maximum Gasteiger partial charge on any atom is 0.232 e. The fraction of sp³-hybridized carbons (Fsp3) is 0.182. The summed E-state index contributed by atoms with van der Waals surface area (Å²) in [4.78, 5) is 19.1. The number of rotatable bonds is 6. The summed E-state index contributed by atoms with van der Waals surface area (Å²) in [6.45, 7) is 1.69. The van der Waals surface area contributed by atoms with E-state index in [1.165, 1.54) is 4.90 Å². The Hall–Kier alpha value is -2.91. The SMILES string of the molecule is Cc1nc(N(C)C(=O)Cc2ccc(-c3cc(F)ccc3F)cc2)sc1S(=N)(=O)C1=CC1. The summed E-state index contributed by atoms with van der Waals surface area (Å²) in [7, 11) is -1.42. The van der Waals surface area contributed by atoms with Crippen LogP contribution in [0.4, 0.5) is 13.9 Å². The molecule has 0 saturated heterocycles. The van der Waals surface area contributed by atoms with Crippen molar-refractivity contribution >= 4 is 32.1 Å². The highest BCUT2D eigenvalue weighted by Gasteiger charge is 2.28. The summed E-state index contributed by atoms with van der Waals surface area (Å²) < 4.78 is 48.6. The van der Waals surface area contributed by atoms with Crippen LogP contribution in [-0.4, -0.2) is 22.1 Å². The molecule has 5 nitrogen and oxygen atoms in total. The van der Waals surface area contributed by atoms with E-state index >= 15 is 0 Å². The number of anilines is 1. The Kier molecular flexibility index (Phi) is 5.49. The molecule has 31 heavy (non-hydrogen) atoms. The van der Waals surface area contributed by atoms with Gasteiger partial charge in [0.2, 0.25) is 5.91 Å². The van der Waals surface area contributed by atoms with Gasteiger partial charge in [0.1, 0.15) is 25.6 Å². The summed E-state index contributed by atoms with van der Waals surface area (Å²) in [5.41, 5.74) is 1.87. The molecule has 1 N–H and O–H groups in total. The van der Waals surface area contributed by atoms with Crippen molar-refractivity contribution in [2.24, 2.45) is 0 Å². The molecule has 1 aliphatic rings. The second-order valence-electron chi connectivity index (χ2n) is 7.25. The number of hydrogen-bond acceptors (Lipinski definition) is 5. The Morgan fingerprint density at radius 2 is 1.90 bits per heavy atom. The molecule has 0 spiro atoms. The fourth-order valence-electron chi connectivity index (χ4n) is 3.10. The first-order valence-corrected chi connectivity index (χ1v) is 11.8. The molecule has 1 amide bonds. The van der Waals surface area contributed by atoms with Crippen LogP contribution in [0.3, 0.4) is 0 Å². The van der Waals surface area contributed by atoms with Gasteiger partial charge >= 0.3 is 0 Å². The molecule has 2 aromatic carbocycles. The van der Waals surface area contributed by atoms with Gasteiger partial charge in [-0.3, -0.25) is 9.69 Å². The summed E-state index contributed by atoms with van der Waals surface area (Å²) in [6, 6.07) is 9.95. The zero-order chi connectivity index (χ0) is 22.3. The monoisotopic (exact) mass is 459 g/mol. The largest absolute Gasteiger partial charge is 0.291 e. The standard InChI is InChI=1S/C22H19F2N3O2S2/c1-13-21(31(25,29)17-8-9-17)30-22(26-13)27(2)20(28)11-14-3-5-15(6-4-14)18-12-16(23)7-10-19(18)24/h3-8,10,12,25H,9,11H2,1-2H3. The molecule has 160 valence electrons. The van der Waals surface area contributed by atoms with E-state index in [9.17, 15) is 17.8 Å². The van der Waals surface area contributed by atoms with E-state index in [0.29, 0.717) is 37.5 Å². The third-order valence-corrected chi connectivity index (χ3v) is 8.83. The van der Waals surface area contributed by atoms with E-state index in [-0.39, 0.29) is 17.9 Å². The minimum Gasteiger partial charge on any atom is -0.291 e. The molecule has 1 aromatic heterocycles. The molecule has 3 aromatic rings. The van der Waals surface area contributed by atoms with Gasteiger partial charge in [-0.1, -0.05) is 41.7 Å². The average molecular weight is 460 g/mol. The lowest BCUT2D eigenvalue weighted by atomic mass is 10.0. The molecule has 9 heteroatoms. The summed E-state index contributed by atoms with van der Waals surface area (Å²) in [5.74, 6) is -1.27. The molecule has 1 unspecified atom stereocenters.